The zero-order valence-corrected chi connectivity index (χ0v) is 19.0. The van der Waals surface area contributed by atoms with Crippen LogP contribution in [0.3, 0.4) is 0 Å². The molecule has 0 bridgehead atoms. The van der Waals surface area contributed by atoms with Crippen LogP contribution >= 0.6 is 24.4 Å². The van der Waals surface area contributed by atoms with Crippen LogP contribution in [0.2, 0.25) is 0 Å². The highest BCUT2D eigenvalue weighted by atomic mass is 32.1. The number of hydrogen-bond donors (Lipinski definition) is 0. The van der Waals surface area contributed by atoms with Crippen molar-refractivity contribution in [2.45, 2.75) is 38.5 Å². The van der Waals surface area contributed by atoms with Crippen molar-refractivity contribution in [3.8, 4) is 0 Å². The quantitative estimate of drug-likeness (QED) is 0.186. The Morgan fingerprint density at radius 3 is 2.29 bits per heavy atom. The molecule has 0 heterocycles. The molecule has 0 aliphatic heterocycles. The number of allylic oxidation sites excluding steroid dienone is 15. The maximum absolute atomic E-state index is 12.6. The number of carbonyl (C=O) groups excluding carboxylic acids is 1. The Hall–Kier alpha value is -2.69. The molecule has 0 aromatic rings. The van der Waals surface area contributed by atoms with Crippen LogP contribution < -0.4 is 0 Å². The van der Waals surface area contributed by atoms with Gasteiger partial charge in [0, 0.05) is 16.0 Å². The predicted octanol–water partition coefficient (Wildman–Crippen LogP) is 6.85. The van der Waals surface area contributed by atoms with Crippen molar-refractivity contribution in [2.75, 3.05) is 0 Å². The molecule has 0 saturated heterocycles. The van der Waals surface area contributed by atoms with Gasteiger partial charge in [-0.15, -0.1) is 0 Å². The van der Waals surface area contributed by atoms with Crippen LogP contribution in [-0.2, 0) is 9.53 Å². The van der Waals surface area contributed by atoms with E-state index in [1.54, 1.807) is 0 Å². The van der Waals surface area contributed by atoms with E-state index in [9.17, 15) is 4.79 Å². The molecule has 0 aromatic heterocycles. The molecular weight excluding hydrogens is 420 g/mol. The highest BCUT2D eigenvalue weighted by Gasteiger charge is 2.23. The smallest absolute Gasteiger partial charge is 0.338 e. The molecule has 0 saturated carbocycles. The summed E-state index contributed by atoms with van der Waals surface area (Å²) in [5, 5.41) is 0. The zero-order chi connectivity index (χ0) is 21.8. The van der Waals surface area contributed by atoms with Gasteiger partial charge in [-0.3, -0.25) is 0 Å². The summed E-state index contributed by atoms with van der Waals surface area (Å²) in [6.45, 7) is 3.96. The lowest BCUT2D eigenvalue weighted by molar-refractivity contribution is -0.134. The average Bonchev–Trinajstić information content (AvgIpc) is 2.79. The Morgan fingerprint density at radius 2 is 1.55 bits per heavy atom. The molecule has 0 N–H and O–H groups in total. The number of hydrogen-bond acceptors (Lipinski definition) is 4. The second-order valence-corrected chi connectivity index (χ2v) is 8.75. The summed E-state index contributed by atoms with van der Waals surface area (Å²) in [7, 11) is 0. The molecule has 2 nitrogen and oxygen atoms in total. The van der Waals surface area contributed by atoms with E-state index in [1.165, 1.54) is 16.7 Å². The molecular formula is C27H24O2S2. The molecule has 0 atom stereocenters. The fourth-order valence-corrected chi connectivity index (χ4v) is 4.61. The average molecular weight is 445 g/mol. The number of fused-ring (bicyclic) bond motifs is 2. The van der Waals surface area contributed by atoms with Gasteiger partial charge in [0.05, 0.1) is 4.86 Å². The monoisotopic (exact) mass is 444 g/mol. The first-order valence-corrected chi connectivity index (χ1v) is 11.4. The first-order chi connectivity index (χ1) is 15.0. The van der Waals surface area contributed by atoms with E-state index >= 15 is 0 Å². The van der Waals surface area contributed by atoms with Gasteiger partial charge < -0.3 is 4.74 Å². The summed E-state index contributed by atoms with van der Waals surface area (Å²) in [4.78, 5) is 14.1. The number of esters is 1. The van der Waals surface area contributed by atoms with Gasteiger partial charge >= 0.3 is 5.97 Å². The lowest BCUT2D eigenvalue weighted by Gasteiger charge is -2.21. The van der Waals surface area contributed by atoms with Crippen LogP contribution in [0.5, 0.6) is 0 Å². The molecule has 0 unspecified atom stereocenters. The molecule has 0 fully saturated rings. The Balaban J connectivity index is 1.31. The Morgan fingerprint density at radius 1 is 0.903 bits per heavy atom. The van der Waals surface area contributed by atoms with Crippen molar-refractivity contribution < 1.29 is 9.53 Å². The summed E-state index contributed by atoms with van der Waals surface area (Å²) >= 11 is 11.0. The van der Waals surface area contributed by atoms with Crippen LogP contribution in [0.1, 0.15) is 38.5 Å². The maximum atomic E-state index is 12.6. The standard InChI is InChI=1S/C27H24O2S2/c1-18(27(28)29-26-22-12-7-4-10-20(22)15-17-25(26)31)8-2-5-13-23-21-11-6-3-9-19(21)14-16-24(23)30/h3-4,6-7,9-10,14-17H,1-2,5,8,11-13H2. The number of ether oxygens (including phenoxy) is 1. The first kappa shape index (κ1) is 21.5. The molecule has 4 aliphatic rings. The SMILES string of the molecule is C=C(CCCCC1=C2CC=CC=C2C=CC1=S)C(=O)OC1=C2CC=CC=C2C=CC1=S. The third-order valence-electron chi connectivity index (χ3n) is 5.79. The zero-order valence-electron chi connectivity index (χ0n) is 17.4. The Labute approximate surface area is 194 Å². The number of rotatable bonds is 7. The van der Waals surface area contributed by atoms with Crippen LogP contribution in [0.4, 0.5) is 0 Å². The van der Waals surface area contributed by atoms with Crippen molar-refractivity contribution >= 4 is 40.1 Å². The Kier molecular flexibility index (Phi) is 6.69. The van der Waals surface area contributed by atoms with Crippen LogP contribution in [0.25, 0.3) is 0 Å². The highest BCUT2D eigenvalue weighted by Crippen LogP contribution is 2.33. The van der Waals surface area contributed by atoms with E-state index in [2.05, 4.69) is 30.9 Å². The lowest BCUT2D eigenvalue weighted by atomic mass is 9.85. The van der Waals surface area contributed by atoms with Gasteiger partial charge in [0.2, 0.25) is 0 Å². The first-order valence-electron chi connectivity index (χ1n) is 10.6. The van der Waals surface area contributed by atoms with E-state index < -0.39 is 5.97 Å². The van der Waals surface area contributed by atoms with E-state index in [4.69, 9.17) is 29.2 Å². The molecule has 0 amide bonds. The van der Waals surface area contributed by atoms with E-state index in [0.29, 0.717) is 29.0 Å². The molecule has 156 valence electrons. The summed E-state index contributed by atoms with van der Waals surface area (Å²) in [5.74, 6) is 0.102. The minimum atomic E-state index is -0.394. The summed E-state index contributed by atoms with van der Waals surface area (Å²) < 4.78 is 5.69. The highest BCUT2D eigenvalue weighted by molar-refractivity contribution is 7.81. The number of unbranched alkanes of at least 4 members (excludes halogenated alkanes) is 1. The molecule has 31 heavy (non-hydrogen) atoms. The summed E-state index contributed by atoms with van der Waals surface area (Å²) in [6, 6.07) is 0. The minimum Gasteiger partial charge on any atom is -0.421 e. The molecule has 4 aliphatic carbocycles. The fraction of sp³-hybridized carbons (Fsp3) is 0.222. The van der Waals surface area contributed by atoms with Gasteiger partial charge in [0.1, 0.15) is 0 Å². The third kappa shape index (κ3) is 4.81. The molecule has 0 radical (unpaired) electrons. The number of thiocarbonyl (C=S) groups is 2. The summed E-state index contributed by atoms with van der Waals surface area (Å²) in [5.41, 5.74) is 6.35. The van der Waals surface area contributed by atoms with Gasteiger partial charge in [-0.2, -0.15) is 0 Å². The van der Waals surface area contributed by atoms with Gasteiger partial charge in [-0.1, -0.05) is 79.6 Å². The second kappa shape index (κ2) is 9.63. The second-order valence-electron chi connectivity index (χ2n) is 7.87. The maximum Gasteiger partial charge on any atom is 0.338 e. The summed E-state index contributed by atoms with van der Waals surface area (Å²) in [6.07, 6.45) is 25.3. The lowest BCUT2D eigenvalue weighted by Crippen LogP contribution is -2.16. The van der Waals surface area contributed by atoms with Crippen molar-refractivity contribution in [3.05, 3.63) is 107 Å². The van der Waals surface area contributed by atoms with Crippen molar-refractivity contribution in [2.24, 2.45) is 0 Å². The van der Waals surface area contributed by atoms with Crippen LogP contribution in [0.15, 0.2) is 107 Å². The molecule has 4 heteroatoms. The third-order valence-corrected chi connectivity index (χ3v) is 6.50. The van der Waals surface area contributed by atoms with Crippen molar-refractivity contribution in [3.63, 3.8) is 0 Å². The molecule has 0 aromatic carbocycles. The Bertz CT molecular complexity index is 1110. The van der Waals surface area contributed by atoms with Gasteiger partial charge in [-0.05, 0) is 73.0 Å². The van der Waals surface area contributed by atoms with Crippen molar-refractivity contribution in [1.29, 1.82) is 0 Å². The van der Waals surface area contributed by atoms with E-state index in [-0.39, 0.29) is 0 Å². The molecule has 0 spiro atoms. The van der Waals surface area contributed by atoms with E-state index in [1.807, 2.05) is 36.5 Å². The largest absolute Gasteiger partial charge is 0.421 e. The van der Waals surface area contributed by atoms with Gasteiger partial charge in [-0.25, -0.2) is 4.79 Å². The van der Waals surface area contributed by atoms with E-state index in [0.717, 1.165) is 41.7 Å². The van der Waals surface area contributed by atoms with Crippen LogP contribution in [0, 0.1) is 0 Å². The minimum absolute atomic E-state index is 0.394. The van der Waals surface area contributed by atoms with Gasteiger partial charge in [0.25, 0.3) is 0 Å². The fourth-order valence-electron chi connectivity index (χ4n) is 4.08. The number of carbonyl (C=O) groups is 1. The van der Waals surface area contributed by atoms with Crippen molar-refractivity contribution in [1.82, 2.24) is 0 Å². The van der Waals surface area contributed by atoms with Gasteiger partial charge in [0.15, 0.2) is 5.76 Å². The molecule has 4 rings (SSSR count). The predicted molar refractivity (Wildman–Crippen MR) is 135 cm³/mol. The topological polar surface area (TPSA) is 26.3 Å². The van der Waals surface area contributed by atoms with Crippen LogP contribution in [-0.4, -0.2) is 15.7 Å². The normalized spacial score (nSPS) is 19.2.